The maximum absolute atomic E-state index is 11.0. The number of hydrogen-bond donors (Lipinski definition) is 1. The van der Waals surface area contributed by atoms with E-state index in [1.54, 1.807) is 0 Å². The summed E-state index contributed by atoms with van der Waals surface area (Å²) < 4.78 is 6.18. The Bertz CT molecular complexity index is 604. The number of aromatic carboxylic acids is 1. The third-order valence-electron chi connectivity index (χ3n) is 2.58. The predicted molar refractivity (Wildman–Crippen MR) is 70.7 cm³/mol. The minimum atomic E-state index is -1.09. The van der Waals surface area contributed by atoms with Gasteiger partial charge in [-0.15, -0.1) is 0 Å². The summed E-state index contributed by atoms with van der Waals surface area (Å²) in [4.78, 5) is 15.3. The van der Waals surface area contributed by atoms with Gasteiger partial charge in [0.15, 0.2) is 0 Å². The van der Waals surface area contributed by atoms with E-state index in [1.165, 1.54) is 0 Å². The second-order valence-corrected chi connectivity index (χ2v) is 4.79. The number of benzene rings is 1. The van der Waals surface area contributed by atoms with Crippen LogP contribution < -0.4 is 0 Å². The summed E-state index contributed by atoms with van der Waals surface area (Å²) in [5.41, 5.74) is 2.28. The Morgan fingerprint density at radius 2 is 2.22 bits per heavy atom. The largest absolute Gasteiger partial charge is 0.475 e. The molecule has 0 saturated heterocycles. The highest BCUT2D eigenvalue weighted by molar-refractivity contribution is 9.10. The Hall–Kier alpha value is -1.62. The van der Waals surface area contributed by atoms with Crippen LogP contribution in [0.1, 0.15) is 28.7 Å². The maximum Gasteiger partial charge on any atom is 0.373 e. The summed E-state index contributed by atoms with van der Waals surface area (Å²) in [5, 5.41) is 9.04. The molecule has 18 heavy (non-hydrogen) atoms. The van der Waals surface area contributed by atoms with Crippen molar-refractivity contribution < 1.29 is 14.3 Å². The SMILES string of the molecule is CCc1nc(-c2cc(C)ccc2Br)oc1C(=O)O. The molecule has 0 bridgehead atoms. The number of carbonyl (C=O) groups is 1. The zero-order valence-corrected chi connectivity index (χ0v) is 11.6. The number of carboxylic acids is 1. The monoisotopic (exact) mass is 309 g/mol. The molecule has 0 aliphatic heterocycles. The number of rotatable bonds is 3. The summed E-state index contributed by atoms with van der Waals surface area (Å²) >= 11 is 3.41. The lowest BCUT2D eigenvalue weighted by Gasteiger charge is -2.00. The van der Waals surface area contributed by atoms with Gasteiger partial charge in [0.2, 0.25) is 11.7 Å². The van der Waals surface area contributed by atoms with Gasteiger partial charge in [-0.05, 0) is 41.4 Å². The first-order valence-corrected chi connectivity index (χ1v) is 6.31. The summed E-state index contributed by atoms with van der Waals surface area (Å²) in [7, 11) is 0. The zero-order valence-electron chi connectivity index (χ0n) is 10.0. The first kappa shape index (κ1) is 12.8. The average molecular weight is 310 g/mol. The molecule has 4 nitrogen and oxygen atoms in total. The molecule has 0 fully saturated rings. The van der Waals surface area contributed by atoms with Crippen molar-refractivity contribution in [2.24, 2.45) is 0 Å². The van der Waals surface area contributed by atoms with Gasteiger partial charge in [0.25, 0.3) is 0 Å². The number of nitrogens with zero attached hydrogens (tertiary/aromatic N) is 1. The molecule has 0 saturated carbocycles. The molecule has 2 rings (SSSR count). The molecule has 0 aliphatic carbocycles. The Morgan fingerprint density at radius 3 is 2.78 bits per heavy atom. The van der Waals surface area contributed by atoms with Gasteiger partial charge in [0, 0.05) is 4.47 Å². The van der Waals surface area contributed by atoms with Gasteiger partial charge in [0.05, 0.1) is 11.3 Å². The van der Waals surface area contributed by atoms with Crippen LogP contribution in [0.15, 0.2) is 27.1 Å². The van der Waals surface area contributed by atoms with Crippen LogP contribution >= 0.6 is 15.9 Å². The summed E-state index contributed by atoms with van der Waals surface area (Å²) in [5.74, 6) is -0.838. The standard InChI is InChI=1S/C13H12BrNO3/c1-3-10-11(13(16)17)18-12(15-10)8-6-7(2)4-5-9(8)14/h4-6H,3H2,1-2H3,(H,16,17). The quantitative estimate of drug-likeness (QED) is 0.939. The van der Waals surface area contributed by atoms with Crippen molar-refractivity contribution >= 4 is 21.9 Å². The van der Waals surface area contributed by atoms with E-state index in [9.17, 15) is 4.79 Å². The Balaban J connectivity index is 2.57. The lowest BCUT2D eigenvalue weighted by Crippen LogP contribution is -1.98. The molecule has 1 aromatic carbocycles. The molecule has 2 aromatic rings. The summed E-state index contributed by atoms with van der Waals surface area (Å²) in [6, 6.07) is 5.75. The second kappa shape index (κ2) is 4.94. The second-order valence-electron chi connectivity index (χ2n) is 3.94. The van der Waals surface area contributed by atoms with Crippen molar-refractivity contribution in [2.75, 3.05) is 0 Å². The number of aromatic nitrogens is 1. The molecule has 1 aromatic heterocycles. The summed E-state index contributed by atoms with van der Waals surface area (Å²) in [6.45, 7) is 3.80. The molecule has 0 amide bonds. The van der Waals surface area contributed by atoms with Crippen LogP contribution in [-0.4, -0.2) is 16.1 Å². The highest BCUT2D eigenvalue weighted by Gasteiger charge is 2.20. The van der Waals surface area contributed by atoms with Gasteiger partial charge in [-0.1, -0.05) is 18.6 Å². The van der Waals surface area contributed by atoms with E-state index < -0.39 is 5.97 Å². The first-order chi connectivity index (χ1) is 8.52. The van der Waals surface area contributed by atoms with E-state index in [-0.39, 0.29) is 5.76 Å². The van der Waals surface area contributed by atoms with Crippen LogP contribution in [0.5, 0.6) is 0 Å². The molecule has 0 radical (unpaired) electrons. The number of hydrogen-bond acceptors (Lipinski definition) is 3. The van der Waals surface area contributed by atoms with E-state index in [0.717, 1.165) is 15.6 Å². The maximum atomic E-state index is 11.0. The molecular formula is C13H12BrNO3. The Labute approximate surface area is 113 Å². The number of oxazole rings is 1. The van der Waals surface area contributed by atoms with Crippen molar-refractivity contribution in [1.29, 1.82) is 0 Å². The highest BCUT2D eigenvalue weighted by atomic mass is 79.9. The molecule has 1 heterocycles. The molecule has 0 aliphatic rings. The van der Waals surface area contributed by atoms with Crippen LogP contribution in [0.4, 0.5) is 0 Å². The van der Waals surface area contributed by atoms with Crippen LogP contribution in [0.25, 0.3) is 11.5 Å². The van der Waals surface area contributed by atoms with Gasteiger partial charge >= 0.3 is 5.97 Å². The van der Waals surface area contributed by atoms with Gasteiger partial charge in [-0.3, -0.25) is 0 Å². The van der Waals surface area contributed by atoms with Crippen molar-refractivity contribution in [3.63, 3.8) is 0 Å². The predicted octanol–water partition coefficient (Wildman–Crippen LogP) is 3.67. The van der Waals surface area contributed by atoms with E-state index in [4.69, 9.17) is 9.52 Å². The topological polar surface area (TPSA) is 63.3 Å². The van der Waals surface area contributed by atoms with Crippen LogP contribution in [0, 0.1) is 6.92 Å². The average Bonchev–Trinajstić information content (AvgIpc) is 2.76. The highest BCUT2D eigenvalue weighted by Crippen LogP contribution is 2.30. The fourth-order valence-corrected chi connectivity index (χ4v) is 2.09. The van der Waals surface area contributed by atoms with Crippen molar-refractivity contribution in [2.45, 2.75) is 20.3 Å². The minimum Gasteiger partial charge on any atom is -0.475 e. The van der Waals surface area contributed by atoms with Crippen LogP contribution in [-0.2, 0) is 6.42 Å². The number of carboxylic acid groups (broad SMARTS) is 1. The fraction of sp³-hybridized carbons (Fsp3) is 0.231. The smallest absolute Gasteiger partial charge is 0.373 e. The van der Waals surface area contributed by atoms with Crippen molar-refractivity contribution in [1.82, 2.24) is 4.98 Å². The van der Waals surface area contributed by atoms with E-state index in [0.29, 0.717) is 18.0 Å². The lowest BCUT2D eigenvalue weighted by atomic mass is 10.1. The molecule has 94 valence electrons. The third kappa shape index (κ3) is 2.31. The van der Waals surface area contributed by atoms with E-state index in [1.807, 2.05) is 32.0 Å². The number of aryl methyl sites for hydroxylation is 2. The molecular weight excluding hydrogens is 298 g/mol. The van der Waals surface area contributed by atoms with Crippen LogP contribution in [0.2, 0.25) is 0 Å². The fourth-order valence-electron chi connectivity index (χ4n) is 1.68. The van der Waals surface area contributed by atoms with Crippen molar-refractivity contribution in [3.8, 4) is 11.5 Å². The number of halogens is 1. The molecule has 1 N–H and O–H groups in total. The molecule has 0 spiro atoms. The summed E-state index contributed by atoms with van der Waals surface area (Å²) in [6.07, 6.45) is 0.522. The normalized spacial score (nSPS) is 10.6. The Morgan fingerprint density at radius 1 is 1.50 bits per heavy atom. The van der Waals surface area contributed by atoms with Gasteiger partial charge in [-0.25, -0.2) is 9.78 Å². The minimum absolute atomic E-state index is 0.0825. The molecule has 0 unspecified atom stereocenters. The molecule has 0 atom stereocenters. The van der Waals surface area contributed by atoms with Gasteiger partial charge < -0.3 is 9.52 Å². The van der Waals surface area contributed by atoms with E-state index in [2.05, 4.69) is 20.9 Å². The van der Waals surface area contributed by atoms with Gasteiger partial charge in [0.1, 0.15) is 0 Å². The van der Waals surface area contributed by atoms with E-state index >= 15 is 0 Å². The Kier molecular flexibility index (Phi) is 3.52. The van der Waals surface area contributed by atoms with Crippen molar-refractivity contribution in [3.05, 3.63) is 39.7 Å². The van der Waals surface area contributed by atoms with Gasteiger partial charge in [-0.2, -0.15) is 0 Å². The van der Waals surface area contributed by atoms with Crippen LogP contribution in [0.3, 0.4) is 0 Å². The lowest BCUT2D eigenvalue weighted by molar-refractivity contribution is 0.0662. The molecule has 5 heteroatoms. The zero-order chi connectivity index (χ0) is 13.3. The third-order valence-corrected chi connectivity index (χ3v) is 3.27. The first-order valence-electron chi connectivity index (χ1n) is 5.52.